The average Bonchev–Trinajstić information content (AvgIpc) is 3.04. The van der Waals surface area contributed by atoms with Crippen LogP contribution in [-0.4, -0.2) is 12.1 Å². The largest absolute Gasteiger partial charge is 0.496 e. The third-order valence-corrected chi connectivity index (χ3v) is 5.31. The summed E-state index contributed by atoms with van der Waals surface area (Å²) in [5, 5.41) is 1.12. The van der Waals surface area contributed by atoms with Gasteiger partial charge in [0.15, 0.2) is 0 Å². The Hall–Kier alpha value is -2.13. The van der Waals surface area contributed by atoms with Crippen LogP contribution in [0.1, 0.15) is 35.9 Å². The van der Waals surface area contributed by atoms with Crippen molar-refractivity contribution in [2.45, 2.75) is 32.6 Å². The van der Waals surface area contributed by atoms with Crippen LogP contribution in [0, 0.1) is 0 Å². The molecule has 0 aliphatic heterocycles. The number of para-hydroxylation sites is 1. The highest BCUT2D eigenvalue weighted by Crippen LogP contribution is 2.32. The lowest BCUT2D eigenvalue weighted by Crippen LogP contribution is -1.97. The minimum atomic E-state index is 0.826. The van der Waals surface area contributed by atoms with Crippen LogP contribution in [0.3, 0.4) is 0 Å². The normalized spacial score (nSPS) is 10.8. The van der Waals surface area contributed by atoms with Crippen molar-refractivity contribution in [3.8, 4) is 16.3 Å². The van der Waals surface area contributed by atoms with E-state index < -0.39 is 0 Å². The summed E-state index contributed by atoms with van der Waals surface area (Å²) in [6.45, 7) is 2.24. The lowest BCUT2D eigenvalue weighted by molar-refractivity contribution is 0.410. The second kappa shape index (κ2) is 8.11. The highest BCUT2D eigenvalue weighted by molar-refractivity contribution is 7.15. The summed E-state index contributed by atoms with van der Waals surface area (Å²) in [5.74, 6) is 0.938. The number of aryl methyl sites for hydroxylation is 1. The van der Waals surface area contributed by atoms with Crippen LogP contribution >= 0.6 is 11.3 Å². The highest BCUT2D eigenvalue weighted by atomic mass is 32.1. The van der Waals surface area contributed by atoms with E-state index in [0.29, 0.717) is 0 Å². The van der Waals surface area contributed by atoms with Crippen LogP contribution < -0.4 is 4.74 Å². The van der Waals surface area contributed by atoms with Gasteiger partial charge in [-0.3, -0.25) is 0 Å². The number of nitrogens with zero attached hydrogens (tertiary/aromatic N) is 1. The van der Waals surface area contributed by atoms with Crippen molar-refractivity contribution in [2.75, 3.05) is 7.11 Å². The number of ether oxygens (including phenoxy) is 1. The number of unbranched alkanes of at least 4 members (excludes halogenated alkanes) is 1. The average molecular weight is 337 g/mol. The summed E-state index contributed by atoms with van der Waals surface area (Å²) >= 11 is 1.83. The zero-order valence-electron chi connectivity index (χ0n) is 14.3. The van der Waals surface area contributed by atoms with Crippen molar-refractivity contribution in [3.63, 3.8) is 0 Å². The van der Waals surface area contributed by atoms with E-state index in [9.17, 15) is 0 Å². The molecule has 0 saturated heterocycles. The molecule has 0 radical (unpaired) electrons. The molecule has 0 spiro atoms. The van der Waals surface area contributed by atoms with Gasteiger partial charge in [0.25, 0.3) is 0 Å². The van der Waals surface area contributed by atoms with Crippen LogP contribution in [0.25, 0.3) is 10.6 Å². The Labute approximate surface area is 148 Å². The first kappa shape index (κ1) is 16.7. The van der Waals surface area contributed by atoms with E-state index in [1.54, 1.807) is 7.11 Å². The van der Waals surface area contributed by atoms with Crippen LogP contribution in [0.2, 0.25) is 0 Å². The molecule has 0 fully saturated rings. The molecule has 0 amide bonds. The van der Waals surface area contributed by atoms with Gasteiger partial charge in [0.1, 0.15) is 10.8 Å². The predicted octanol–water partition coefficient (Wildman–Crippen LogP) is 5.75. The topological polar surface area (TPSA) is 22.1 Å². The van der Waals surface area contributed by atoms with Gasteiger partial charge in [-0.15, -0.1) is 11.3 Å². The quantitative estimate of drug-likeness (QED) is 0.547. The van der Waals surface area contributed by atoms with Gasteiger partial charge in [-0.25, -0.2) is 4.98 Å². The summed E-state index contributed by atoms with van der Waals surface area (Å²) in [7, 11) is 1.73. The molecule has 24 heavy (non-hydrogen) atoms. The Morgan fingerprint density at radius 3 is 2.50 bits per heavy atom. The van der Waals surface area contributed by atoms with Crippen molar-refractivity contribution in [1.82, 2.24) is 4.98 Å². The van der Waals surface area contributed by atoms with Crippen LogP contribution in [-0.2, 0) is 12.8 Å². The smallest absolute Gasteiger partial charge is 0.123 e. The maximum absolute atomic E-state index is 5.51. The standard InChI is InChI=1S/C21H23NOS/c1-3-4-14-20-18(15-17-12-8-9-13-19(17)23-2)22-21(24-20)16-10-6-5-7-11-16/h5-13H,3-4,14-15H2,1-2H3. The molecular weight excluding hydrogens is 314 g/mol. The molecule has 3 heteroatoms. The number of benzene rings is 2. The third kappa shape index (κ3) is 3.85. The minimum absolute atomic E-state index is 0.826. The Bertz CT molecular complexity index is 780. The molecule has 124 valence electrons. The second-order valence-corrected chi connectivity index (χ2v) is 6.93. The van der Waals surface area contributed by atoms with Gasteiger partial charge in [-0.1, -0.05) is 61.9 Å². The Morgan fingerprint density at radius 2 is 1.75 bits per heavy atom. The maximum Gasteiger partial charge on any atom is 0.123 e. The van der Waals surface area contributed by atoms with E-state index in [0.717, 1.165) is 23.6 Å². The van der Waals surface area contributed by atoms with E-state index in [-0.39, 0.29) is 0 Å². The molecule has 0 saturated carbocycles. The Kier molecular flexibility index (Phi) is 5.65. The van der Waals surface area contributed by atoms with Crippen molar-refractivity contribution in [1.29, 1.82) is 0 Å². The molecule has 0 N–H and O–H groups in total. The number of thiazole rings is 1. The molecule has 0 atom stereocenters. The van der Waals surface area contributed by atoms with Crippen molar-refractivity contribution < 1.29 is 4.74 Å². The molecule has 0 bridgehead atoms. The minimum Gasteiger partial charge on any atom is -0.496 e. The molecule has 1 heterocycles. The number of aromatic nitrogens is 1. The molecule has 1 aromatic heterocycles. The zero-order chi connectivity index (χ0) is 16.8. The molecular formula is C21H23NOS. The number of hydrogen-bond donors (Lipinski definition) is 0. The predicted molar refractivity (Wildman–Crippen MR) is 102 cm³/mol. The fourth-order valence-corrected chi connectivity index (χ4v) is 3.91. The Morgan fingerprint density at radius 1 is 1.00 bits per heavy atom. The fourth-order valence-electron chi connectivity index (χ4n) is 2.79. The summed E-state index contributed by atoms with van der Waals surface area (Å²) in [5.41, 5.74) is 3.59. The zero-order valence-corrected chi connectivity index (χ0v) is 15.1. The van der Waals surface area contributed by atoms with E-state index in [2.05, 4.69) is 43.3 Å². The van der Waals surface area contributed by atoms with E-state index in [1.807, 2.05) is 29.5 Å². The third-order valence-electron chi connectivity index (χ3n) is 4.11. The van der Waals surface area contributed by atoms with Crippen molar-refractivity contribution in [2.24, 2.45) is 0 Å². The van der Waals surface area contributed by atoms with E-state index >= 15 is 0 Å². The SMILES string of the molecule is CCCCc1sc(-c2ccccc2)nc1Cc1ccccc1OC. The lowest BCUT2D eigenvalue weighted by Gasteiger charge is -2.07. The molecule has 3 rings (SSSR count). The van der Waals surface area contributed by atoms with E-state index in [1.165, 1.54) is 34.5 Å². The Balaban J connectivity index is 1.94. The number of hydrogen-bond acceptors (Lipinski definition) is 3. The van der Waals surface area contributed by atoms with Gasteiger partial charge in [0.05, 0.1) is 12.8 Å². The first-order chi connectivity index (χ1) is 11.8. The molecule has 0 aliphatic carbocycles. The maximum atomic E-state index is 5.51. The summed E-state index contributed by atoms with van der Waals surface area (Å²) in [6.07, 6.45) is 4.33. The van der Waals surface area contributed by atoms with Crippen LogP contribution in [0.4, 0.5) is 0 Å². The first-order valence-electron chi connectivity index (χ1n) is 8.47. The van der Waals surface area contributed by atoms with E-state index in [4.69, 9.17) is 9.72 Å². The second-order valence-electron chi connectivity index (χ2n) is 5.85. The first-order valence-corrected chi connectivity index (χ1v) is 9.29. The fraction of sp³-hybridized carbons (Fsp3) is 0.286. The monoisotopic (exact) mass is 337 g/mol. The van der Waals surface area contributed by atoms with Crippen molar-refractivity contribution >= 4 is 11.3 Å². The molecule has 2 nitrogen and oxygen atoms in total. The lowest BCUT2D eigenvalue weighted by atomic mass is 10.1. The highest BCUT2D eigenvalue weighted by Gasteiger charge is 2.14. The van der Waals surface area contributed by atoms with Gasteiger partial charge in [-0.05, 0) is 18.9 Å². The summed E-state index contributed by atoms with van der Waals surface area (Å²) in [6, 6.07) is 18.7. The van der Waals surface area contributed by atoms with Crippen LogP contribution in [0.5, 0.6) is 5.75 Å². The van der Waals surface area contributed by atoms with Crippen LogP contribution in [0.15, 0.2) is 54.6 Å². The summed E-state index contributed by atoms with van der Waals surface area (Å²) in [4.78, 5) is 6.37. The van der Waals surface area contributed by atoms with Gasteiger partial charge >= 0.3 is 0 Å². The molecule has 3 aromatic rings. The van der Waals surface area contributed by atoms with Gasteiger partial charge < -0.3 is 4.74 Å². The number of rotatable bonds is 7. The van der Waals surface area contributed by atoms with Crippen molar-refractivity contribution in [3.05, 3.63) is 70.7 Å². The van der Waals surface area contributed by atoms with Gasteiger partial charge in [0, 0.05) is 22.4 Å². The number of methoxy groups -OCH3 is 1. The summed E-state index contributed by atoms with van der Waals surface area (Å²) < 4.78 is 5.51. The van der Waals surface area contributed by atoms with Gasteiger partial charge in [0.2, 0.25) is 0 Å². The van der Waals surface area contributed by atoms with Gasteiger partial charge in [-0.2, -0.15) is 0 Å². The molecule has 2 aromatic carbocycles. The molecule has 0 unspecified atom stereocenters. The molecule has 0 aliphatic rings.